The molecule has 0 heterocycles. The molecule has 0 radical (unpaired) electrons. The zero-order valence-corrected chi connectivity index (χ0v) is 38.2. The maximum absolute atomic E-state index is 12.7. The molecule has 0 saturated heterocycles. The highest BCUT2D eigenvalue weighted by Gasteiger charge is 2.20. The molecule has 57 heavy (non-hydrogen) atoms. The molecule has 0 saturated carbocycles. The van der Waals surface area contributed by atoms with Crippen LogP contribution in [0.3, 0.4) is 0 Å². The molecular weight excluding hydrogens is 734 g/mol. The van der Waals surface area contributed by atoms with Gasteiger partial charge in [0.1, 0.15) is 19.3 Å². The topological polar surface area (TPSA) is 94.1 Å². The van der Waals surface area contributed by atoms with Gasteiger partial charge >= 0.3 is 5.97 Å². The van der Waals surface area contributed by atoms with Gasteiger partial charge in [0.25, 0.3) is 7.82 Å². The number of likely N-dealkylation sites (N-methyl/N-ethyl adjacent to an activating group) is 1. The van der Waals surface area contributed by atoms with Crippen LogP contribution in [-0.4, -0.2) is 70.7 Å². The van der Waals surface area contributed by atoms with Gasteiger partial charge < -0.3 is 27.9 Å². The largest absolute Gasteiger partial charge is 0.756 e. The Kier molecular flexibility index (Phi) is 39.2. The fourth-order valence-electron chi connectivity index (χ4n) is 5.74. The lowest BCUT2D eigenvalue weighted by Crippen LogP contribution is -2.37. The van der Waals surface area contributed by atoms with E-state index in [0.29, 0.717) is 24.1 Å². The van der Waals surface area contributed by atoms with Crippen LogP contribution >= 0.6 is 7.82 Å². The second kappa shape index (κ2) is 40.7. The lowest BCUT2D eigenvalue weighted by molar-refractivity contribution is -0.870. The van der Waals surface area contributed by atoms with Crippen molar-refractivity contribution in [1.82, 2.24) is 0 Å². The van der Waals surface area contributed by atoms with Crippen molar-refractivity contribution >= 4 is 13.8 Å². The minimum absolute atomic E-state index is 0.0178. The van der Waals surface area contributed by atoms with Gasteiger partial charge in [-0.05, 0) is 83.5 Å². The van der Waals surface area contributed by atoms with Gasteiger partial charge in [-0.2, -0.15) is 0 Å². The Labute approximate surface area is 351 Å². The van der Waals surface area contributed by atoms with Gasteiger partial charge in [-0.25, -0.2) is 0 Å². The number of nitrogens with zero attached hydrogens (tertiary/aromatic N) is 1. The highest BCUT2D eigenvalue weighted by molar-refractivity contribution is 7.45. The number of unbranched alkanes of at least 4 members (excludes halogenated alkanes) is 15. The van der Waals surface area contributed by atoms with Gasteiger partial charge in [-0.15, -0.1) is 0 Å². The predicted octanol–water partition coefficient (Wildman–Crippen LogP) is 12.9. The highest BCUT2D eigenvalue weighted by atomic mass is 31.2. The highest BCUT2D eigenvalue weighted by Crippen LogP contribution is 2.38. The lowest BCUT2D eigenvalue weighted by atomic mass is 10.1. The number of rotatable bonds is 41. The van der Waals surface area contributed by atoms with Crippen molar-refractivity contribution in [3.8, 4) is 0 Å². The molecule has 8 nitrogen and oxygen atoms in total. The molecule has 2 unspecified atom stereocenters. The Morgan fingerprint density at radius 3 is 1.54 bits per heavy atom. The smallest absolute Gasteiger partial charge is 0.306 e. The Morgan fingerprint density at radius 1 is 0.561 bits per heavy atom. The summed E-state index contributed by atoms with van der Waals surface area (Å²) >= 11 is 0. The maximum Gasteiger partial charge on any atom is 0.306 e. The third kappa shape index (κ3) is 44.9. The number of ether oxygens (including phenoxy) is 2. The number of allylic oxidation sites excluding steroid dienone is 12. The first-order valence-corrected chi connectivity index (χ1v) is 24.1. The van der Waals surface area contributed by atoms with Crippen LogP contribution in [-0.2, 0) is 27.9 Å². The summed E-state index contributed by atoms with van der Waals surface area (Å²) in [4.78, 5) is 25.0. The van der Waals surface area contributed by atoms with E-state index in [1.807, 2.05) is 21.1 Å². The zero-order chi connectivity index (χ0) is 42.0. The number of esters is 1. The second-order valence-electron chi connectivity index (χ2n) is 16.0. The van der Waals surface area contributed by atoms with E-state index in [0.717, 1.165) is 89.9 Å². The molecule has 0 aromatic carbocycles. The van der Waals surface area contributed by atoms with E-state index in [1.54, 1.807) is 0 Å². The molecule has 0 aliphatic rings. The molecule has 0 spiro atoms. The fourth-order valence-corrected chi connectivity index (χ4v) is 6.47. The van der Waals surface area contributed by atoms with E-state index in [2.05, 4.69) is 86.8 Å². The summed E-state index contributed by atoms with van der Waals surface area (Å²) in [5, 5.41) is 0. The maximum atomic E-state index is 12.7. The second-order valence-corrected chi connectivity index (χ2v) is 17.4. The Balaban J connectivity index is 4.24. The minimum atomic E-state index is -4.53. The first-order chi connectivity index (χ1) is 27.6. The van der Waals surface area contributed by atoms with Crippen LogP contribution in [0.5, 0.6) is 0 Å². The summed E-state index contributed by atoms with van der Waals surface area (Å²) < 4.78 is 34.6. The quantitative estimate of drug-likeness (QED) is 0.0199. The van der Waals surface area contributed by atoms with E-state index in [4.69, 9.17) is 18.5 Å². The van der Waals surface area contributed by atoms with Crippen LogP contribution in [0.4, 0.5) is 0 Å². The minimum Gasteiger partial charge on any atom is -0.756 e. The summed E-state index contributed by atoms with van der Waals surface area (Å²) in [6.07, 6.45) is 52.0. The first-order valence-electron chi connectivity index (χ1n) is 22.7. The molecule has 330 valence electrons. The van der Waals surface area contributed by atoms with Crippen molar-refractivity contribution in [3.63, 3.8) is 0 Å². The van der Waals surface area contributed by atoms with Crippen molar-refractivity contribution in [2.24, 2.45) is 0 Å². The molecule has 2 atom stereocenters. The SMILES string of the molecule is CC/C=C\C/C=C\C/C=C\C/C=C\C/C=C\CCCCCCCCOCC(COP(=O)([O-])OCC[N+](C)(C)C)OC(=O)CCCCCCC/C=C\CCCCCC. The molecule has 0 fully saturated rings. The van der Waals surface area contributed by atoms with Gasteiger partial charge in [0.05, 0.1) is 34.4 Å². The average Bonchev–Trinajstić information content (AvgIpc) is 3.16. The van der Waals surface area contributed by atoms with Crippen LogP contribution in [0.25, 0.3) is 0 Å². The molecule has 0 aromatic rings. The van der Waals surface area contributed by atoms with Crippen molar-refractivity contribution in [2.45, 2.75) is 174 Å². The number of carbonyl (C=O) groups excluding carboxylic acids is 1. The van der Waals surface area contributed by atoms with Gasteiger partial charge in [0, 0.05) is 13.0 Å². The molecule has 9 heteroatoms. The lowest BCUT2D eigenvalue weighted by Gasteiger charge is -2.28. The molecule has 0 aromatic heterocycles. The standard InChI is InChI=1S/C48H86NO7P/c1-6-8-10-12-14-16-18-20-21-22-23-24-25-26-27-28-30-32-34-36-38-40-43-53-45-47(46-55-57(51,52)54-44-42-49(3,4)5)56-48(50)41-39-37-35-33-31-29-19-17-15-13-11-9-7-2/h8,10,14,16-17,19-21,23-24,26-27,47H,6-7,9,11-13,15,18,22,25,28-46H2,1-5H3/b10-8-,16-14-,19-17-,21-20-,24-23-,27-26-. The van der Waals surface area contributed by atoms with E-state index in [1.165, 1.54) is 57.8 Å². The number of carbonyl (C=O) groups is 1. The Hall–Kier alpha value is -2.06. The van der Waals surface area contributed by atoms with E-state index in [-0.39, 0.29) is 25.8 Å². The van der Waals surface area contributed by atoms with Crippen LogP contribution in [0.1, 0.15) is 168 Å². The zero-order valence-electron chi connectivity index (χ0n) is 37.3. The van der Waals surface area contributed by atoms with Crippen LogP contribution in [0.15, 0.2) is 72.9 Å². The summed E-state index contributed by atoms with van der Waals surface area (Å²) in [6.45, 7) is 5.22. The van der Waals surface area contributed by atoms with Crippen LogP contribution in [0.2, 0.25) is 0 Å². The average molecular weight is 820 g/mol. The normalized spacial score (nSPS) is 14.4. The number of phosphoric acid groups is 1. The summed E-state index contributed by atoms with van der Waals surface area (Å²) in [5.74, 6) is -0.352. The van der Waals surface area contributed by atoms with Crippen molar-refractivity contribution in [2.75, 3.05) is 54.1 Å². The molecule has 0 aliphatic heterocycles. The molecular formula is C48H86NO7P. The third-order valence-corrected chi connectivity index (χ3v) is 10.2. The number of quaternary nitrogens is 1. The van der Waals surface area contributed by atoms with E-state index in [9.17, 15) is 14.3 Å². The van der Waals surface area contributed by atoms with Crippen LogP contribution in [0, 0.1) is 0 Å². The molecule has 0 N–H and O–H groups in total. The van der Waals surface area contributed by atoms with Gasteiger partial charge in [0.15, 0.2) is 0 Å². The first kappa shape index (κ1) is 54.9. The number of hydrogen-bond acceptors (Lipinski definition) is 7. The molecule has 0 rings (SSSR count). The van der Waals surface area contributed by atoms with Gasteiger partial charge in [-0.1, -0.05) is 151 Å². The van der Waals surface area contributed by atoms with Crippen molar-refractivity contribution < 1.29 is 37.3 Å². The molecule has 0 aliphatic carbocycles. The summed E-state index contributed by atoms with van der Waals surface area (Å²) in [7, 11) is 1.33. The van der Waals surface area contributed by atoms with Crippen LogP contribution < -0.4 is 4.89 Å². The molecule has 0 amide bonds. The fraction of sp³-hybridized carbons (Fsp3) is 0.729. The Morgan fingerprint density at radius 2 is 1.02 bits per heavy atom. The van der Waals surface area contributed by atoms with E-state index >= 15 is 0 Å². The molecule has 0 bridgehead atoms. The van der Waals surface area contributed by atoms with E-state index < -0.39 is 13.9 Å². The summed E-state index contributed by atoms with van der Waals surface area (Å²) in [6, 6.07) is 0. The van der Waals surface area contributed by atoms with Gasteiger partial charge in [0.2, 0.25) is 0 Å². The number of hydrogen-bond donors (Lipinski definition) is 0. The summed E-state index contributed by atoms with van der Waals surface area (Å²) in [5.41, 5.74) is 0. The third-order valence-electron chi connectivity index (χ3n) is 9.24. The monoisotopic (exact) mass is 820 g/mol. The Bertz CT molecular complexity index is 1140. The predicted molar refractivity (Wildman–Crippen MR) is 240 cm³/mol. The van der Waals surface area contributed by atoms with Crippen molar-refractivity contribution in [3.05, 3.63) is 72.9 Å². The number of phosphoric ester groups is 1. The van der Waals surface area contributed by atoms with Crippen molar-refractivity contribution in [1.29, 1.82) is 0 Å². The van der Waals surface area contributed by atoms with Gasteiger partial charge in [-0.3, -0.25) is 9.36 Å².